The zero-order chi connectivity index (χ0) is 39.9. The van der Waals surface area contributed by atoms with Crippen molar-refractivity contribution in [2.45, 2.75) is 56.8 Å². The van der Waals surface area contributed by atoms with Gasteiger partial charge in [-0.1, -0.05) is 143 Å². The van der Waals surface area contributed by atoms with E-state index in [-0.39, 0.29) is 29.1 Å². The minimum Gasteiger partial charge on any atom is -0.379 e. The SMILES string of the molecule is CC1(C)C2=C(C3C=CC(c4ccc(-c5ccc(C6N=C(c7cccnc7)NC7=C6C(C)(C)c6ccccc67)cc5)s4)=CN3)NC(c3ccccc3)N=C2c2ccccc21. The summed E-state index contributed by atoms with van der Waals surface area (Å²) in [4.78, 5) is 17.6. The summed E-state index contributed by atoms with van der Waals surface area (Å²) in [6.45, 7) is 9.30. The molecule has 3 unspecified atom stereocenters. The van der Waals surface area contributed by atoms with Crippen LogP contribution in [0.3, 0.4) is 0 Å². The molecule has 3 aliphatic heterocycles. The van der Waals surface area contributed by atoms with E-state index in [0.717, 1.165) is 22.7 Å². The molecule has 288 valence electrons. The fourth-order valence-electron chi connectivity index (χ4n) is 9.81. The molecule has 0 fully saturated rings. The van der Waals surface area contributed by atoms with Crippen LogP contribution in [0.5, 0.6) is 0 Å². The van der Waals surface area contributed by atoms with E-state index < -0.39 is 0 Å². The van der Waals surface area contributed by atoms with Gasteiger partial charge < -0.3 is 16.0 Å². The lowest BCUT2D eigenvalue weighted by molar-refractivity contribution is 0.541. The average molecular weight is 785 g/mol. The molecular weight excluding hydrogens is 741 g/mol. The fourth-order valence-corrected chi connectivity index (χ4v) is 10.8. The topological polar surface area (TPSA) is 73.7 Å². The highest BCUT2D eigenvalue weighted by Gasteiger charge is 2.46. The summed E-state index contributed by atoms with van der Waals surface area (Å²) in [5, 5.41) is 11.4. The van der Waals surface area contributed by atoms with Crippen LogP contribution in [0.1, 0.15) is 83.7 Å². The quantitative estimate of drug-likeness (QED) is 0.157. The van der Waals surface area contributed by atoms with E-state index in [1.807, 2.05) is 23.6 Å². The molecule has 4 aromatic carbocycles. The predicted molar refractivity (Wildman–Crippen MR) is 242 cm³/mol. The molecular formula is C52H44N6S. The number of aromatic nitrogens is 1. The third-order valence-electron chi connectivity index (χ3n) is 12.8. The molecule has 6 nitrogen and oxygen atoms in total. The molecule has 0 saturated heterocycles. The second kappa shape index (κ2) is 13.5. The number of thiophene rings is 1. The van der Waals surface area contributed by atoms with Crippen molar-refractivity contribution in [2.75, 3.05) is 0 Å². The number of hydrogen-bond donors (Lipinski definition) is 3. The Kier molecular flexibility index (Phi) is 8.14. The summed E-state index contributed by atoms with van der Waals surface area (Å²) < 4.78 is 0. The van der Waals surface area contributed by atoms with Crippen molar-refractivity contribution >= 4 is 34.2 Å². The van der Waals surface area contributed by atoms with Crippen molar-refractivity contribution in [1.82, 2.24) is 20.9 Å². The molecule has 11 rings (SSSR count). The molecule has 0 amide bonds. The summed E-state index contributed by atoms with van der Waals surface area (Å²) in [5.41, 5.74) is 16.5. The van der Waals surface area contributed by atoms with Gasteiger partial charge in [0.15, 0.2) is 0 Å². The van der Waals surface area contributed by atoms with Gasteiger partial charge in [-0.25, -0.2) is 0 Å². The third kappa shape index (κ3) is 5.70. The van der Waals surface area contributed by atoms with Gasteiger partial charge in [-0.2, -0.15) is 0 Å². The van der Waals surface area contributed by atoms with Crippen molar-refractivity contribution in [3.8, 4) is 10.4 Å². The van der Waals surface area contributed by atoms with Crippen LogP contribution in [0.4, 0.5) is 0 Å². The maximum absolute atomic E-state index is 5.38. The lowest BCUT2D eigenvalue weighted by Gasteiger charge is -2.35. The number of nitrogens with one attached hydrogen (secondary N) is 3. The minimum atomic E-state index is -0.184. The largest absolute Gasteiger partial charge is 0.379 e. The first-order valence-corrected chi connectivity index (χ1v) is 21.3. The number of pyridine rings is 1. The molecule has 0 spiro atoms. The van der Waals surface area contributed by atoms with Crippen LogP contribution < -0.4 is 16.0 Å². The van der Waals surface area contributed by atoms with Crippen LogP contribution in [0.15, 0.2) is 185 Å². The Hall–Kier alpha value is -6.57. The molecule has 3 atom stereocenters. The van der Waals surface area contributed by atoms with Gasteiger partial charge in [0.25, 0.3) is 0 Å². The summed E-state index contributed by atoms with van der Waals surface area (Å²) in [7, 11) is 0. The Balaban J connectivity index is 0.871. The number of benzene rings is 4. The first kappa shape index (κ1) is 35.6. The van der Waals surface area contributed by atoms with Gasteiger partial charge in [0.05, 0.1) is 11.8 Å². The first-order valence-electron chi connectivity index (χ1n) is 20.4. The Bertz CT molecular complexity index is 2850. The maximum atomic E-state index is 5.38. The average Bonchev–Trinajstić information content (AvgIpc) is 3.94. The number of dihydropyridines is 1. The van der Waals surface area contributed by atoms with Crippen LogP contribution in [0.25, 0.3) is 21.7 Å². The molecule has 2 aromatic heterocycles. The molecule has 7 heteroatoms. The zero-order valence-corrected chi connectivity index (χ0v) is 34.3. The highest BCUT2D eigenvalue weighted by molar-refractivity contribution is 7.16. The molecule has 59 heavy (non-hydrogen) atoms. The summed E-state index contributed by atoms with van der Waals surface area (Å²) in [5.74, 6) is 0.851. The second-order valence-electron chi connectivity index (χ2n) is 17.0. The van der Waals surface area contributed by atoms with E-state index in [2.05, 4.69) is 188 Å². The van der Waals surface area contributed by atoms with Gasteiger partial charge in [-0.15, -0.1) is 11.3 Å². The monoisotopic (exact) mass is 784 g/mol. The standard InChI is InChI=1S/C52H44N6S/c1-51(2)38-18-10-8-16-36(38)46-43(51)45(55-50(57-46)35-15-12-28-53-29-35)32-22-20-31(21-23-32)41-26-27-42(59-41)34-24-25-40(54-30-34)48-44-47(37-17-9-11-19-39(37)52(44,3)4)56-49(58-48)33-13-6-5-7-14-33/h5-30,40,45,49,54,58H,1-4H3,(H,55,57). The van der Waals surface area contributed by atoms with Crippen LogP contribution in [0, 0.1) is 0 Å². The number of rotatable bonds is 6. The second-order valence-corrected chi connectivity index (χ2v) is 18.1. The van der Waals surface area contributed by atoms with E-state index in [1.54, 1.807) is 6.20 Å². The van der Waals surface area contributed by atoms with Crippen LogP contribution >= 0.6 is 11.3 Å². The summed E-state index contributed by atoms with van der Waals surface area (Å²) >= 11 is 1.82. The lowest BCUT2D eigenvalue weighted by Crippen LogP contribution is -2.41. The van der Waals surface area contributed by atoms with E-state index in [0.29, 0.717) is 0 Å². The molecule has 5 heterocycles. The smallest absolute Gasteiger partial charge is 0.145 e. The van der Waals surface area contributed by atoms with E-state index >= 15 is 0 Å². The number of aliphatic imine (C=N–C) groups is 2. The molecule has 0 radical (unpaired) electrons. The van der Waals surface area contributed by atoms with Crippen molar-refractivity contribution in [3.63, 3.8) is 0 Å². The highest BCUT2D eigenvalue weighted by atomic mass is 32.1. The Morgan fingerprint density at radius 1 is 0.644 bits per heavy atom. The Morgan fingerprint density at radius 3 is 2.12 bits per heavy atom. The molecule has 0 bridgehead atoms. The molecule has 3 N–H and O–H groups in total. The number of hydrogen-bond acceptors (Lipinski definition) is 7. The first-order chi connectivity index (χ1) is 28.8. The minimum absolute atomic E-state index is 0.0180. The van der Waals surface area contributed by atoms with Gasteiger partial charge in [-0.3, -0.25) is 15.0 Å². The molecule has 5 aliphatic rings. The number of allylic oxidation sites excluding steroid dienone is 3. The third-order valence-corrected chi connectivity index (χ3v) is 14.0. The molecule has 0 saturated carbocycles. The van der Waals surface area contributed by atoms with E-state index in [1.165, 1.54) is 71.2 Å². The van der Waals surface area contributed by atoms with Crippen molar-refractivity contribution in [1.29, 1.82) is 0 Å². The summed E-state index contributed by atoms with van der Waals surface area (Å²) in [6, 6.07) is 45.5. The van der Waals surface area contributed by atoms with Crippen molar-refractivity contribution < 1.29 is 0 Å². The van der Waals surface area contributed by atoms with E-state index in [9.17, 15) is 0 Å². The molecule has 2 aliphatic carbocycles. The van der Waals surface area contributed by atoms with Gasteiger partial charge >= 0.3 is 0 Å². The van der Waals surface area contributed by atoms with Crippen molar-refractivity contribution in [2.24, 2.45) is 9.98 Å². The van der Waals surface area contributed by atoms with Crippen LogP contribution in [-0.2, 0) is 10.8 Å². The zero-order valence-electron chi connectivity index (χ0n) is 33.5. The van der Waals surface area contributed by atoms with Crippen LogP contribution in [-0.4, -0.2) is 22.6 Å². The maximum Gasteiger partial charge on any atom is 0.145 e. The highest BCUT2D eigenvalue weighted by Crippen LogP contribution is 2.53. The predicted octanol–water partition coefficient (Wildman–Crippen LogP) is 10.8. The number of nitrogens with zero attached hydrogens (tertiary/aromatic N) is 3. The molecule has 6 aromatic rings. The Labute approximate surface area is 349 Å². The Morgan fingerprint density at radius 2 is 1.37 bits per heavy atom. The normalized spacial score (nSPS) is 21.8. The summed E-state index contributed by atoms with van der Waals surface area (Å²) in [6.07, 6.45) is 10.3. The van der Waals surface area contributed by atoms with Crippen LogP contribution in [0.2, 0.25) is 0 Å². The number of amidine groups is 1. The lowest BCUT2D eigenvalue weighted by atomic mass is 9.76. The van der Waals surface area contributed by atoms with Gasteiger partial charge in [-0.05, 0) is 57.7 Å². The van der Waals surface area contributed by atoms with Gasteiger partial charge in [0.2, 0.25) is 0 Å². The van der Waals surface area contributed by atoms with E-state index in [4.69, 9.17) is 9.98 Å². The van der Waals surface area contributed by atoms with Gasteiger partial charge in [0, 0.05) is 78.4 Å². The van der Waals surface area contributed by atoms with Gasteiger partial charge in [0.1, 0.15) is 18.0 Å². The fraction of sp³-hybridized carbons (Fsp3) is 0.173. The number of fused-ring (bicyclic) bond motifs is 5. The van der Waals surface area contributed by atoms with Crippen molar-refractivity contribution in [3.05, 3.63) is 219 Å².